The number of aliphatic imine (C=N–C) groups is 1. The molecule has 0 bridgehead atoms. The minimum atomic E-state index is -0.845. The molecule has 0 aliphatic heterocycles. The molecule has 0 atom stereocenters. The van der Waals surface area contributed by atoms with Crippen molar-refractivity contribution in [2.75, 3.05) is 11.9 Å². The molecule has 0 fully saturated rings. The fraction of sp³-hybridized carbons (Fsp3) is 0.103. The number of rotatable bonds is 9. The molecular weight excluding hydrogens is 486 g/mol. The molecule has 4 rings (SSSR count). The van der Waals surface area contributed by atoms with Crippen LogP contribution in [-0.4, -0.2) is 30.6 Å². The third-order valence-corrected chi connectivity index (χ3v) is 5.12. The van der Waals surface area contributed by atoms with E-state index < -0.39 is 17.8 Å². The van der Waals surface area contributed by atoms with Crippen LogP contribution in [0.1, 0.15) is 28.8 Å². The molecule has 0 saturated heterocycles. The molecule has 0 saturated carbocycles. The maximum Gasteiger partial charge on any atom is 0.338 e. The first-order valence-electron chi connectivity index (χ1n) is 11.8. The maximum atomic E-state index is 12.2. The van der Waals surface area contributed by atoms with Crippen LogP contribution < -0.4 is 15.4 Å². The molecule has 9 heteroatoms. The molecule has 1 aromatic heterocycles. The average Bonchev–Trinajstić information content (AvgIpc) is 3.40. The van der Waals surface area contributed by atoms with Crippen molar-refractivity contribution in [1.82, 2.24) is 5.32 Å². The fourth-order valence-corrected chi connectivity index (χ4v) is 3.26. The van der Waals surface area contributed by atoms with Gasteiger partial charge in [0.15, 0.2) is 0 Å². The van der Waals surface area contributed by atoms with Gasteiger partial charge in [-0.3, -0.25) is 14.6 Å². The molecule has 0 unspecified atom stereocenters. The summed E-state index contributed by atoms with van der Waals surface area (Å²) in [7, 11) is 0. The summed E-state index contributed by atoms with van der Waals surface area (Å²) in [5.74, 6) is 0.260. The highest BCUT2D eigenvalue weighted by molar-refractivity contribution is 6.39. The van der Waals surface area contributed by atoms with Gasteiger partial charge >= 0.3 is 17.8 Å². The number of furan rings is 1. The first kappa shape index (κ1) is 25.9. The second kappa shape index (κ2) is 12.7. The number of carbonyl (C=O) groups is 3. The number of hydrogen-bond acceptors (Lipinski definition) is 7. The van der Waals surface area contributed by atoms with Crippen LogP contribution in [0.5, 0.6) is 11.5 Å². The second-order valence-corrected chi connectivity index (χ2v) is 7.91. The fourth-order valence-electron chi connectivity index (χ4n) is 3.26. The summed E-state index contributed by atoms with van der Waals surface area (Å²) in [5, 5.41) is 4.97. The number of carbonyl (C=O) groups excluding carboxylic acids is 3. The Hall–Kier alpha value is -5.18. The van der Waals surface area contributed by atoms with Crippen LogP contribution in [0.25, 0.3) is 0 Å². The molecule has 4 aromatic rings. The summed E-state index contributed by atoms with van der Waals surface area (Å²) >= 11 is 0. The largest absolute Gasteiger partial charge is 0.462 e. The second-order valence-electron chi connectivity index (χ2n) is 7.91. The Kier molecular flexibility index (Phi) is 8.64. The summed E-state index contributed by atoms with van der Waals surface area (Å²) in [6, 6.07) is 26.2. The number of esters is 1. The summed E-state index contributed by atoms with van der Waals surface area (Å²) < 4.78 is 16.3. The van der Waals surface area contributed by atoms with E-state index in [4.69, 9.17) is 13.9 Å². The van der Waals surface area contributed by atoms with Crippen molar-refractivity contribution >= 4 is 35.4 Å². The van der Waals surface area contributed by atoms with Crippen molar-refractivity contribution < 1.29 is 28.3 Å². The van der Waals surface area contributed by atoms with E-state index in [1.807, 2.05) is 54.6 Å². The lowest BCUT2D eigenvalue weighted by Crippen LogP contribution is -2.34. The molecule has 0 aliphatic carbocycles. The molecule has 0 spiro atoms. The Labute approximate surface area is 219 Å². The molecule has 1 heterocycles. The molecule has 2 amide bonds. The lowest BCUT2D eigenvalue weighted by atomic mass is 10.2. The van der Waals surface area contributed by atoms with Crippen LogP contribution in [0.2, 0.25) is 0 Å². The van der Waals surface area contributed by atoms with E-state index >= 15 is 0 Å². The number of amides is 2. The zero-order chi connectivity index (χ0) is 26.7. The molecule has 2 N–H and O–H groups in total. The number of hydrogen-bond donors (Lipinski definition) is 2. The van der Waals surface area contributed by atoms with Crippen molar-refractivity contribution in [1.29, 1.82) is 0 Å². The van der Waals surface area contributed by atoms with E-state index in [-0.39, 0.29) is 13.2 Å². The Balaban J connectivity index is 1.24. The van der Waals surface area contributed by atoms with Gasteiger partial charge in [0.05, 0.1) is 30.6 Å². The van der Waals surface area contributed by atoms with Gasteiger partial charge in [-0.05, 0) is 79.7 Å². The SMILES string of the molecule is CCOC(=O)c1ccc(NC(=O)C(=O)NCc2ccc(C=Nc3ccc(Oc4ccccc4)cc3)o2)cc1. The van der Waals surface area contributed by atoms with Gasteiger partial charge in [0.2, 0.25) is 0 Å². The number of anilines is 1. The Bertz CT molecular complexity index is 1410. The zero-order valence-electron chi connectivity index (χ0n) is 20.5. The van der Waals surface area contributed by atoms with Gasteiger partial charge in [0.25, 0.3) is 0 Å². The predicted molar refractivity (Wildman–Crippen MR) is 142 cm³/mol. The van der Waals surface area contributed by atoms with E-state index in [2.05, 4.69) is 15.6 Å². The third kappa shape index (κ3) is 7.41. The lowest BCUT2D eigenvalue weighted by molar-refractivity contribution is -0.136. The van der Waals surface area contributed by atoms with Gasteiger partial charge in [-0.25, -0.2) is 4.79 Å². The Morgan fingerprint density at radius 3 is 2.26 bits per heavy atom. The van der Waals surface area contributed by atoms with Crippen molar-refractivity contribution in [3.05, 3.63) is 108 Å². The summed E-state index contributed by atoms with van der Waals surface area (Å²) in [6.07, 6.45) is 1.56. The standard InChI is InChI=1S/C29H25N3O6/c1-2-36-29(35)20-8-10-22(11-9-20)32-28(34)27(33)31-19-26-17-16-25(38-26)18-30-21-12-14-24(15-13-21)37-23-6-4-3-5-7-23/h3-18H,2,19H2,1H3,(H,31,33)(H,32,34). The van der Waals surface area contributed by atoms with E-state index in [9.17, 15) is 14.4 Å². The Morgan fingerprint density at radius 1 is 0.842 bits per heavy atom. The molecule has 38 heavy (non-hydrogen) atoms. The van der Waals surface area contributed by atoms with E-state index in [1.165, 1.54) is 24.3 Å². The molecule has 3 aromatic carbocycles. The lowest BCUT2D eigenvalue weighted by Gasteiger charge is -2.07. The van der Waals surface area contributed by atoms with Crippen molar-refractivity contribution in [3.63, 3.8) is 0 Å². The quantitative estimate of drug-likeness (QED) is 0.180. The smallest absolute Gasteiger partial charge is 0.338 e. The average molecular weight is 512 g/mol. The number of ether oxygens (including phenoxy) is 2. The van der Waals surface area contributed by atoms with Crippen LogP contribution in [0.15, 0.2) is 100 Å². The van der Waals surface area contributed by atoms with Gasteiger partial charge in [-0.2, -0.15) is 0 Å². The number of para-hydroxylation sites is 1. The van der Waals surface area contributed by atoms with E-state index in [1.54, 1.807) is 25.3 Å². The summed E-state index contributed by atoms with van der Waals surface area (Å²) in [5.41, 5.74) is 1.43. The van der Waals surface area contributed by atoms with Crippen LogP contribution >= 0.6 is 0 Å². The normalized spacial score (nSPS) is 10.7. The molecule has 9 nitrogen and oxygen atoms in total. The summed E-state index contributed by atoms with van der Waals surface area (Å²) in [6.45, 7) is 2.00. The minimum absolute atomic E-state index is 0.0212. The van der Waals surface area contributed by atoms with Crippen LogP contribution in [0.3, 0.4) is 0 Å². The number of benzene rings is 3. The summed E-state index contributed by atoms with van der Waals surface area (Å²) in [4.78, 5) is 40.4. The monoisotopic (exact) mass is 511 g/mol. The molecular formula is C29H25N3O6. The van der Waals surface area contributed by atoms with Gasteiger partial charge in [-0.1, -0.05) is 18.2 Å². The Morgan fingerprint density at radius 2 is 1.55 bits per heavy atom. The highest BCUT2D eigenvalue weighted by Crippen LogP contribution is 2.23. The van der Waals surface area contributed by atoms with Gasteiger partial charge in [-0.15, -0.1) is 0 Å². The third-order valence-electron chi connectivity index (χ3n) is 5.12. The van der Waals surface area contributed by atoms with E-state index in [0.717, 1.165) is 5.75 Å². The van der Waals surface area contributed by atoms with Gasteiger partial charge in [0, 0.05) is 5.69 Å². The van der Waals surface area contributed by atoms with Crippen molar-refractivity contribution in [2.45, 2.75) is 13.5 Å². The van der Waals surface area contributed by atoms with Crippen LogP contribution in [-0.2, 0) is 20.9 Å². The van der Waals surface area contributed by atoms with Gasteiger partial charge in [0.1, 0.15) is 23.0 Å². The predicted octanol–water partition coefficient (Wildman–Crippen LogP) is 5.25. The van der Waals surface area contributed by atoms with Crippen molar-refractivity contribution in [2.24, 2.45) is 4.99 Å². The highest BCUT2D eigenvalue weighted by Gasteiger charge is 2.15. The molecule has 0 radical (unpaired) electrons. The zero-order valence-corrected chi connectivity index (χ0v) is 20.5. The first-order chi connectivity index (χ1) is 18.5. The highest BCUT2D eigenvalue weighted by atomic mass is 16.5. The van der Waals surface area contributed by atoms with Gasteiger partial charge < -0.3 is 24.5 Å². The van der Waals surface area contributed by atoms with E-state index in [0.29, 0.717) is 34.2 Å². The minimum Gasteiger partial charge on any atom is -0.462 e. The van der Waals surface area contributed by atoms with Crippen LogP contribution in [0, 0.1) is 0 Å². The number of nitrogens with one attached hydrogen (secondary N) is 2. The topological polar surface area (TPSA) is 119 Å². The van der Waals surface area contributed by atoms with Crippen LogP contribution in [0.4, 0.5) is 11.4 Å². The molecule has 192 valence electrons. The maximum absolute atomic E-state index is 12.2. The number of nitrogens with zero attached hydrogens (tertiary/aromatic N) is 1. The van der Waals surface area contributed by atoms with Crippen molar-refractivity contribution in [3.8, 4) is 11.5 Å². The molecule has 0 aliphatic rings. The first-order valence-corrected chi connectivity index (χ1v) is 11.8.